The van der Waals surface area contributed by atoms with Crippen LogP contribution in [0.4, 0.5) is 5.69 Å². The third kappa shape index (κ3) is 6.61. The summed E-state index contributed by atoms with van der Waals surface area (Å²) in [6.07, 6.45) is 2.41. The topological polar surface area (TPSA) is 81.7 Å². The lowest BCUT2D eigenvalue weighted by molar-refractivity contribution is -0.924. The summed E-state index contributed by atoms with van der Waals surface area (Å²) in [5.41, 5.74) is 2.19. The summed E-state index contributed by atoms with van der Waals surface area (Å²) in [4.78, 5) is 39.0. The van der Waals surface area contributed by atoms with Crippen molar-refractivity contribution >= 4 is 35.1 Å². The lowest BCUT2D eigenvalue weighted by atomic mass is 10.1. The molecule has 1 saturated heterocycles. The number of esters is 2. The monoisotopic (exact) mass is 501 g/mol. The molecule has 2 aromatic carbocycles. The summed E-state index contributed by atoms with van der Waals surface area (Å²) in [6.45, 7) is 7.43. The SMILES string of the molecule is CCOC(=O)c1cc(Cl)cc(C)c1NC(=O)C(CC)[N+]1(CC(=O)OCc2ccccc2)CCCC1. The molecule has 0 saturated carbocycles. The van der Waals surface area contributed by atoms with Crippen molar-refractivity contribution in [3.05, 3.63) is 64.2 Å². The van der Waals surface area contributed by atoms with Gasteiger partial charge >= 0.3 is 11.9 Å². The first-order valence-electron chi connectivity index (χ1n) is 12.1. The normalized spacial score (nSPS) is 15.3. The molecule has 0 spiro atoms. The maximum absolute atomic E-state index is 13.6. The second-order valence-corrected chi connectivity index (χ2v) is 9.39. The summed E-state index contributed by atoms with van der Waals surface area (Å²) in [5, 5.41) is 3.35. The molecule has 35 heavy (non-hydrogen) atoms. The molecular weight excluding hydrogens is 468 g/mol. The molecule has 0 aliphatic carbocycles. The molecule has 0 radical (unpaired) electrons. The minimum atomic E-state index is -0.545. The number of rotatable bonds is 10. The molecule has 0 aromatic heterocycles. The molecule has 8 heteroatoms. The van der Waals surface area contributed by atoms with Crippen LogP contribution in [0, 0.1) is 6.92 Å². The van der Waals surface area contributed by atoms with Gasteiger partial charge in [-0.2, -0.15) is 0 Å². The van der Waals surface area contributed by atoms with Crippen LogP contribution in [0.25, 0.3) is 0 Å². The van der Waals surface area contributed by atoms with Gasteiger partial charge in [0.15, 0.2) is 12.6 Å². The molecule has 3 rings (SSSR count). The van der Waals surface area contributed by atoms with Crippen molar-refractivity contribution in [1.29, 1.82) is 0 Å². The highest BCUT2D eigenvalue weighted by molar-refractivity contribution is 6.31. The van der Waals surface area contributed by atoms with Crippen molar-refractivity contribution < 1.29 is 28.3 Å². The van der Waals surface area contributed by atoms with E-state index in [1.165, 1.54) is 6.07 Å². The van der Waals surface area contributed by atoms with Gasteiger partial charge in [-0.1, -0.05) is 48.9 Å². The molecule has 2 aromatic rings. The molecule has 1 amide bonds. The predicted octanol–water partition coefficient (Wildman–Crippen LogP) is 4.90. The highest BCUT2D eigenvalue weighted by atomic mass is 35.5. The Balaban J connectivity index is 1.79. The number of nitrogens with one attached hydrogen (secondary N) is 1. The zero-order valence-electron chi connectivity index (χ0n) is 20.6. The fourth-order valence-electron chi connectivity index (χ4n) is 4.89. The number of benzene rings is 2. The first-order valence-corrected chi connectivity index (χ1v) is 12.5. The van der Waals surface area contributed by atoms with Crippen LogP contribution in [0.3, 0.4) is 0 Å². The Morgan fingerprint density at radius 1 is 1.06 bits per heavy atom. The quantitative estimate of drug-likeness (QED) is 0.370. The molecule has 1 unspecified atom stereocenters. The number of hydrogen-bond acceptors (Lipinski definition) is 5. The van der Waals surface area contributed by atoms with Gasteiger partial charge in [-0.25, -0.2) is 9.59 Å². The number of hydrogen-bond donors (Lipinski definition) is 1. The van der Waals surface area contributed by atoms with Crippen molar-refractivity contribution in [3.8, 4) is 0 Å². The first kappa shape index (κ1) is 26.7. The molecule has 1 fully saturated rings. The minimum Gasteiger partial charge on any atom is -0.462 e. The number of likely N-dealkylation sites (tertiary alicyclic amines) is 1. The van der Waals surface area contributed by atoms with Gasteiger partial charge < -0.3 is 19.3 Å². The molecule has 188 valence electrons. The summed E-state index contributed by atoms with van der Waals surface area (Å²) in [7, 11) is 0. The van der Waals surface area contributed by atoms with E-state index in [2.05, 4.69) is 5.32 Å². The molecule has 1 N–H and O–H groups in total. The van der Waals surface area contributed by atoms with Crippen LogP contribution in [0.1, 0.15) is 54.6 Å². The highest BCUT2D eigenvalue weighted by Crippen LogP contribution is 2.30. The fraction of sp³-hybridized carbons (Fsp3) is 0.444. The minimum absolute atomic E-state index is 0.128. The molecule has 1 aliphatic heterocycles. The van der Waals surface area contributed by atoms with Crippen LogP contribution in [0.2, 0.25) is 5.02 Å². The van der Waals surface area contributed by atoms with Crippen LogP contribution < -0.4 is 5.32 Å². The number of amides is 1. The van der Waals surface area contributed by atoms with Gasteiger partial charge in [0, 0.05) is 24.3 Å². The van der Waals surface area contributed by atoms with Crippen LogP contribution in [0.5, 0.6) is 0 Å². The zero-order valence-corrected chi connectivity index (χ0v) is 21.4. The second-order valence-electron chi connectivity index (χ2n) is 8.96. The Hall–Kier alpha value is -2.90. The average Bonchev–Trinajstić information content (AvgIpc) is 3.29. The van der Waals surface area contributed by atoms with Crippen LogP contribution in [-0.2, 0) is 25.7 Å². The Morgan fingerprint density at radius 3 is 2.37 bits per heavy atom. The lowest BCUT2D eigenvalue weighted by Crippen LogP contribution is -2.60. The van der Waals surface area contributed by atoms with E-state index in [0.29, 0.717) is 27.2 Å². The number of halogens is 1. The van der Waals surface area contributed by atoms with Crippen molar-refractivity contribution in [2.24, 2.45) is 0 Å². The molecule has 1 atom stereocenters. The maximum atomic E-state index is 13.6. The van der Waals surface area contributed by atoms with E-state index in [-0.39, 0.29) is 37.2 Å². The number of carbonyl (C=O) groups excluding carboxylic acids is 3. The molecule has 0 bridgehead atoms. The van der Waals surface area contributed by atoms with E-state index in [0.717, 1.165) is 31.5 Å². The number of ether oxygens (including phenoxy) is 2. The fourth-order valence-corrected chi connectivity index (χ4v) is 5.17. The summed E-state index contributed by atoms with van der Waals surface area (Å²) < 4.78 is 11.1. The molecular formula is C27H34ClN2O5+. The van der Waals surface area contributed by atoms with Crippen molar-refractivity contribution in [3.63, 3.8) is 0 Å². The van der Waals surface area contributed by atoms with E-state index >= 15 is 0 Å². The van der Waals surface area contributed by atoms with Gasteiger partial charge in [0.25, 0.3) is 5.91 Å². The van der Waals surface area contributed by atoms with Gasteiger partial charge in [0.1, 0.15) is 6.61 Å². The third-order valence-corrected chi connectivity index (χ3v) is 6.76. The lowest BCUT2D eigenvalue weighted by Gasteiger charge is -2.39. The van der Waals surface area contributed by atoms with Crippen LogP contribution in [0.15, 0.2) is 42.5 Å². The van der Waals surface area contributed by atoms with E-state index in [4.69, 9.17) is 21.1 Å². The van der Waals surface area contributed by atoms with Crippen molar-refractivity contribution in [2.45, 2.75) is 52.7 Å². The average molecular weight is 502 g/mol. The van der Waals surface area contributed by atoms with Gasteiger partial charge in [0.2, 0.25) is 0 Å². The Bertz CT molecular complexity index is 1050. The number of quaternary nitrogens is 1. The van der Waals surface area contributed by atoms with Gasteiger partial charge in [-0.3, -0.25) is 4.79 Å². The maximum Gasteiger partial charge on any atom is 0.362 e. The third-order valence-electron chi connectivity index (χ3n) is 6.54. The van der Waals surface area contributed by atoms with Crippen LogP contribution >= 0.6 is 11.6 Å². The van der Waals surface area contributed by atoms with Gasteiger partial charge in [0.05, 0.1) is 30.9 Å². The first-order chi connectivity index (χ1) is 16.8. The zero-order chi connectivity index (χ0) is 25.4. The molecule has 1 heterocycles. The van der Waals surface area contributed by atoms with Crippen molar-refractivity contribution in [1.82, 2.24) is 0 Å². The Morgan fingerprint density at radius 2 is 1.74 bits per heavy atom. The summed E-state index contributed by atoms with van der Waals surface area (Å²) in [6, 6.07) is 12.3. The van der Waals surface area contributed by atoms with Crippen LogP contribution in [-0.4, -0.2) is 54.6 Å². The van der Waals surface area contributed by atoms with Gasteiger partial charge in [-0.15, -0.1) is 0 Å². The standard InChI is InChI=1S/C27H33ClN2O5/c1-4-23(26(32)29-25-19(3)15-21(28)16-22(25)27(33)34-5-2)30(13-9-10-14-30)17-24(31)35-18-20-11-7-6-8-12-20/h6-8,11-12,15-16,23H,4-5,9-10,13-14,17-18H2,1-3H3/p+1. The second kappa shape index (κ2) is 12.2. The number of anilines is 1. The predicted molar refractivity (Wildman–Crippen MR) is 135 cm³/mol. The number of nitrogens with zero attached hydrogens (tertiary/aromatic N) is 1. The van der Waals surface area contributed by atoms with E-state index in [1.54, 1.807) is 19.9 Å². The number of carbonyl (C=O) groups is 3. The Kier molecular flexibility index (Phi) is 9.29. The highest BCUT2D eigenvalue weighted by Gasteiger charge is 2.45. The summed E-state index contributed by atoms with van der Waals surface area (Å²) >= 11 is 6.17. The Labute approximate surface area is 211 Å². The van der Waals surface area contributed by atoms with E-state index in [9.17, 15) is 14.4 Å². The van der Waals surface area contributed by atoms with E-state index in [1.807, 2.05) is 37.3 Å². The molecule has 7 nitrogen and oxygen atoms in total. The largest absolute Gasteiger partial charge is 0.462 e. The smallest absolute Gasteiger partial charge is 0.362 e. The van der Waals surface area contributed by atoms with Crippen molar-refractivity contribution in [2.75, 3.05) is 31.6 Å². The van der Waals surface area contributed by atoms with Gasteiger partial charge in [-0.05, 0) is 37.1 Å². The number of aryl methyl sites for hydroxylation is 1. The summed E-state index contributed by atoms with van der Waals surface area (Å²) in [5.74, 6) is -1.10. The van der Waals surface area contributed by atoms with E-state index < -0.39 is 12.0 Å². The molecule has 1 aliphatic rings.